The lowest BCUT2D eigenvalue weighted by atomic mass is 10.0. The molecule has 0 spiro atoms. The summed E-state index contributed by atoms with van der Waals surface area (Å²) in [5, 5.41) is 4.48. The van der Waals surface area contributed by atoms with E-state index in [1.807, 2.05) is 36.4 Å². The van der Waals surface area contributed by atoms with Gasteiger partial charge in [0.1, 0.15) is 17.0 Å². The fraction of sp³-hybridized carbons (Fsp3) is 0.0952. The largest absolute Gasteiger partial charge is 0.456 e. The lowest BCUT2D eigenvalue weighted by Gasteiger charge is -2.06. The van der Waals surface area contributed by atoms with Gasteiger partial charge in [-0.2, -0.15) is 5.10 Å². The second-order valence-electron chi connectivity index (χ2n) is 6.11. The van der Waals surface area contributed by atoms with Crippen molar-refractivity contribution in [2.75, 3.05) is 0 Å². The average molecular weight is 344 g/mol. The molecule has 0 fully saturated rings. The topological polar surface area (TPSA) is 65.1 Å². The Bertz CT molecular complexity index is 1160. The first-order valence-electron chi connectivity index (χ1n) is 8.25. The van der Waals surface area contributed by atoms with Gasteiger partial charge in [-0.05, 0) is 23.8 Å². The smallest absolute Gasteiger partial charge is 0.193 e. The van der Waals surface area contributed by atoms with Gasteiger partial charge in [0, 0.05) is 31.3 Å². The number of rotatable bonds is 4. The Morgan fingerprint density at radius 3 is 2.62 bits per heavy atom. The maximum Gasteiger partial charge on any atom is 0.193 e. The van der Waals surface area contributed by atoms with Crippen molar-refractivity contribution in [3.63, 3.8) is 0 Å². The van der Waals surface area contributed by atoms with Crippen LogP contribution in [0.15, 0.2) is 76.1 Å². The van der Waals surface area contributed by atoms with Gasteiger partial charge < -0.3 is 4.42 Å². The van der Waals surface area contributed by atoms with Crippen molar-refractivity contribution in [2.24, 2.45) is 7.05 Å². The molecule has 0 amide bonds. The normalized spacial score (nSPS) is 11.0. The van der Waals surface area contributed by atoms with Crippen LogP contribution in [0, 0.1) is 0 Å². The van der Waals surface area contributed by atoms with E-state index in [0.29, 0.717) is 22.4 Å². The number of aryl methyl sites for hydroxylation is 1. The summed E-state index contributed by atoms with van der Waals surface area (Å²) in [7, 11) is 1.73. The minimum absolute atomic E-state index is 0.0466. The van der Waals surface area contributed by atoms with Crippen molar-refractivity contribution < 1.29 is 9.21 Å². The van der Waals surface area contributed by atoms with Crippen LogP contribution in [0.1, 0.15) is 16.1 Å². The lowest BCUT2D eigenvalue weighted by Crippen LogP contribution is -2.10. The summed E-state index contributed by atoms with van der Waals surface area (Å²) >= 11 is 0. The zero-order chi connectivity index (χ0) is 18.1. The van der Waals surface area contributed by atoms with E-state index in [1.165, 1.54) is 6.07 Å². The van der Waals surface area contributed by atoms with Crippen molar-refractivity contribution in [3.05, 3.63) is 88.3 Å². The SMILES string of the molecule is Cn1nccc1C(=O)Cc1ccc2oc(-c3ccccc3)cc(=O)c2c1. The Kier molecular flexibility index (Phi) is 3.97. The Labute approximate surface area is 149 Å². The molecule has 2 heterocycles. The summed E-state index contributed by atoms with van der Waals surface area (Å²) in [6.07, 6.45) is 1.79. The van der Waals surface area contributed by atoms with Crippen LogP contribution in [0.2, 0.25) is 0 Å². The van der Waals surface area contributed by atoms with Gasteiger partial charge in [0.05, 0.1) is 5.39 Å². The first kappa shape index (κ1) is 16.0. The minimum atomic E-state index is -0.125. The summed E-state index contributed by atoms with van der Waals surface area (Å²) < 4.78 is 7.43. The van der Waals surface area contributed by atoms with Gasteiger partial charge in [-0.25, -0.2) is 0 Å². The number of carbonyl (C=O) groups is 1. The Morgan fingerprint density at radius 2 is 1.88 bits per heavy atom. The summed E-state index contributed by atoms with van der Waals surface area (Å²) in [5.74, 6) is 0.483. The summed E-state index contributed by atoms with van der Waals surface area (Å²) in [4.78, 5) is 24.9. The van der Waals surface area contributed by atoms with Gasteiger partial charge in [-0.15, -0.1) is 0 Å². The molecule has 2 aromatic heterocycles. The number of hydrogen-bond donors (Lipinski definition) is 0. The van der Waals surface area contributed by atoms with E-state index in [1.54, 1.807) is 36.1 Å². The van der Waals surface area contributed by atoms with Gasteiger partial charge in [0.25, 0.3) is 0 Å². The zero-order valence-corrected chi connectivity index (χ0v) is 14.2. The van der Waals surface area contributed by atoms with Crippen LogP contribution < -0.4 is 5.43 Å². The van der Waals surface area contributed by atoms with E-state index in [0.717, 1.165) is 11.1 Å². The lowest BCUT2D eigenvalue weighted by molar-refractivity contribution is 0.0984. The number of Topliss-reactive ketones (excluding diaryl/α,β-unsaturated/α-hetero) is 1. The number of carbonyl (C=O) groups excluding carboxylic acids is 1. The molecule has 128 valence electrons. The molecular formula is C21H16N2O3. The van der Waals surface area contributed by atoms with Crippen molar-refractivity contribution >= 4 is 16.8 Å². The van der Waals surface area contributed by atoms with E-state index >= 15 is 0 Å². The average Bonchev–Trinajstić information content (AvgIpc) is 3.09. The van der Waals surface area contributed by atoms with Crippen LogP contribution in [0.5, 0.6) is 0 Å². The van der Waals surface area contributed by atoms with Crippen LogP contribution in [0.25, 0.3) is 22.3 Å². The molecule has 0 atom stereocenters. The second kappa shape index (κ2) is 6.44. The van der Waals surface area contributed by atoms with Crippen LogP contribution in [0.3, 0.4) is 0 Å². The van der Waals surface area contributed by atoms with E-state index < -0.39 is 0 Å². The molecule has 0 saturated carbocycles. The highest BCUT2D eigenvalue weighted by atomic mass is 16.3. The van der Waals surface area contributed by atoms with E-state index in [-0.39, 0.29) is 17.6 Å². The molecule has 4 aromatic rings. The summed E-state index contributed by atoms with van der Waals surface area (Å²) in [5.41, 5.74) is 2.54. The third-order valence-corrected chi connectivity index (χ3v) is 4.32. The fourth-order valence-corrected chi connectivity index (χ4v) is 2.98. The van der Waals surface area contributed by atoms with Gasteiger partial charge >= 0.3 is 0 Å². The first-order chi connectivity index (χ1) is 12.6. The highest BCUT2D eigenvalue weighted by Crippen LogP contribution is 2.23. The first-order valence-corrected chi connectivity index (χ1v) is 8.25. The molecule has 5 nitrogen and oxygen atoms in total. The quantitative estimate of drug-likeness (QED) is 0.530. The van der Waals surface area contributed by atoms with Crippen molar-refractivity contribution in [1.29, 1.82) is 0 Å². The number of benzene rings is 2. The molecule has 0 N–H and O–H groups in total. The van der Waals surface area contributed by atoms with Crippen molar-refractivity contribution in [2.45, 2.75) is 6.42 Å². The second-order valence-corrected chi connectivity index (χ2v) is 6.11. The predicted octanol–water partition coefficient (Wildman–Crippen LogP) is 3.62. The number of fused-ring (bicyclic) bond motifs is 1. The highest BCUT2D eigenvalue weighted by molar-refractivity contribution is 5.96. The van der Waals surface area contributed by atoms with Gasteiger partial charge in [0.2, 0.25) is 0 Å². The molecule has 2 aromatic carbocycles. The van der Waals surface area contributed by atoms with Crippen molar-refractivity contribution in [1.82, 2.24) is 9.78 Å². The zero-order valence-electron chi connectivity index (χ0n) is 14.2. The van der Waals surface area contributed by atoms with Gasteiger partial charge in [-0.3, -0.25) is 14.3 Å². The molecule has 0 saturated heterocycles. The molecular weight excluding hydrogens is 328 g/mol. The Balaban J connectivity index is 1.70. The predicted molar refractivity (Wildman–Crippen MR) is 99.2 cm³/mol. The molecule has 0 aliphatic carbocycles. The van der Waals surface area contributed by atoms with Crippen molar-refractivity contribution in [3.8, 4) is 11.3 Å². The molecule has 0 aliphatic heterocycles. The Hall–Kier alpha value is -3.47. The number of nitrogens with zero attached hydrogens (tertiary/aromatic N) is 2. The molecule has 4 rings (SSSR count). The molecule has 5 heteroatoms. The number of hydrogen-bond acceptors (Lipinski definition) is 4. The van der Waals surface area contributed by atoms with Crippen LogP contribution in [-0.2, 0) is 13.5 Å². The van der Waals surface area contributed by atoms with E-state index in [9.17, 15) is 9.59 Å². The van der Waals surface area contributed by atoms with Crippen LogP contribution in [0.4, 0.5) is 0 Å². The summed E-state index contributed by atoms with van der Waals surface area (Å²) in [6.45, 7) is 0. The molecule has 0 radical (unpaired) electrons. The molecule has 0 bridgehead atoms. The standard InChI is InChI=1S/C21H16N2O3/c1-23-17(9-10-22-23)19(25)12-14-7-8-20-16(11-14)18(24)13-21(26-20)15-5-3-2-4-6-15/h2-11,13H,12H2,1H3. The third kappa shape index (κ3) is 2.95. The minimum Gasteiger partial charge on any atom is -0.456 e. The molecule has 26 heavy (non-hydrogen) atoms. The van der Waals surface area contributed by atoms with Gasteiger partial charge in [-0.1, -0.05) is 36.4 Å². The van der Waals surface area contributed by atoms with Crippen LogP contribution in [-0.4, -0.2) is 15.6 Å². The third-order valence-electron chi connectivity index (χ3n) is 4.32. The molecule has 0 aliphatic rings. The fourth-order valence-electron chi connectivity index (χ4n) is 2.98. The number of ketones is 1. The van der Waals surface area contributed by atoms with E-state index in [2.05, 4.69) is 5.10 Å². The number of aromatic nitrogens is 2. The monoisotopic (exact) mass is 344 g/mol. The highest BCUT2D eigenvalue weighted by Gasteiger charge is 2.13. The van der Waals surface area contributed by atoms with Gasteiger partial charge in [0.15, 0.2) is 11.2 Å². The Morgan fingerprint density at radius 1 is 1.08 bits per heavy atom. The maximum atomic E-state index is 12.5. The molecule has 0 unspecified atom stereocenters. The van der Waals surface area contributed by atoms with E-state index in [4.69, 9.17) is 4.42 Å². The van der Waals surface area contributed by atoms with Crippen LogP contribution >= 0.6 is 0 Å². The maximum absolute atomic E-state index is 12.5. The summed E-state index contributed by atoms with van der Waals surface area (Å²) in [6, 6.07) is 17.9.